The third-order valence-electron chi connectivity index (χ3n) is 3.56. The van der Waals surface area contributed by atoms with Gasteiger partial charge in [0.1, 0.15) is 5.75 Å². The summed E-state index contributed by atoms with van der Waals surface area (Å²) in [4.78, 5) is 11.6. The molecule has 5 nitrogen and oxygen atoms in total. The zero-order chi connectivity index (χ0) is 17.0. The quantitative estimate of drug-likeness (QED) is 0.844. The van der Waals surface area contributed by atoms with Gasteiger partial charge in [0.2, 0.25) is 0 Å². The van der Waals surface area contributed by atoms with Gasteiger partial charge in [-0.05, 0) is 41.8 Å². The highest BCUT2D eigenvalue weighted by atomic mass is 35.5. The van der Waals surface area contributed by atoms with Crippen molar-refractivity contribution in [2.24, 2.45) is 0 Å². The number of methoxy groups -OCH3 is 2. The molecule has 6 heteroatoms. The van der Waals surface area contributed by atoms with Gasteiger partial charge in [-0.2, -0.15) is 0 Å². The smallest absolute Gasteiger partial charge is 0.311 e. The first-order valence-electron chi connectivity index (χ1n) is 6.88. The van der Waals surface area contributed by atoms with Crippen molar-refractivity contribution in [3.8, 4) is 17.2 Å². The van der Waals surface area contributed by atoms with Gasteiger partial charge in [0, 0.05) is 0 Å². The monoisotopic (exact) mass is 336 g/mol. The van der Waals surface area contributed by atoms with Crippen LogP contribution in [0.25, 0.3) is 0 Å². The number of aromatic hydroxyl groups is 1. The highest BCUT2D eigenvalue weighted by Crippen LogP contribution is 2.32. The lowest BCUT2D eigenvalue weighted by Gasteiger charge is -2.15. The number of carboxylic acids is 1. The first-order chi connectivity index (χ1) is 11.0. The summed E-state index contributed by atoms with van der Waals surface area (Å²) in [5.74, 6) is -0.924. The third kappa shape index (κ3) is 3.87. The minimum absolute atomic E-state index is 0.00983. The van der Waals surface area contributed by atoms with E-state index in [-0.39, 0.29) is 12.2 Å². The molecule has 0 aliphatic carbocycles. The summed E-state index contributed by atoms with van der Waals surface area (Å²) in [5.41, 5.74) is 1.31. The Balaban J connectivity index is 2.32. The van der Waals surface area contributed by atoms with Crippen LogP contribution in [0.3, 0.4) is 0 Å². The molecule has 0 saturated carbocycles. The van der Waals surface area contributed by atoms with Gasteiger partial charge in [-0.1, -0.05) is 23.7 Å². The third-order valence-corrected chi connectivity index (χ3v) is 3.86. The Bertz CT molecular complexity index is 714. The fourth-order valence-electron chi connectivity index (χ4n) is 2.33. The number of hydrogen-bond donors (Lipinski definition) is 2. The number of aliphatic carboxylic acids is 1. The van der Waals surface area contributed by atoms with Crippen molar-refractivity contribution in [3.05, 3.63) is 52.5 Å². The van der Waals surface area contributed by atoms with E-state index in [1.54, 1.807) is 30.3 Å². The van der Waals surface area contributed by atoms with Crippen LogP contribution >= 0.6 is 11.6 Å². The van der Waals surface area contributed by atoms with Gasteiger partial charge in [-0.25, -0.2) is 0 Å². The number of phenolic OH excluding ortho intramolecular Hbond substituents is 1. The lowest BCUT2D eigenvalue weighted by Crippen LogP contribution is -2.14. The summed E-state index contributed by atoms with van der Waals surface area (Å²) in [7, 11) is 2.94. The van der Waals surface area contributed by atoms with Gasteiger partial charge < -0.3 is 19.7 Å². The number of phenols is 1. The molecule has 0 saturated heterocycles. The van der Waals surface area contributed by atoms with Crippen LogP contribution in [0, 0.1) is 0 Å². The molecule has 2 aromatic carbocycles. The second kappa shape index (κ2) is 7.24. The summed E-state index contributed by atoms with van der Waals surface area (Å²) < 4.78 is 10.1. The van der Waals surface area contributed by atoms with Gasteiger partial charge in [-0.3, -0.25) is 4.79 Å². The number of carboxylic acid groups (broad SMARTS) is 1. The van der Waals surface area contributed by atoms with Crippen LogP contribution in [0.2, 0.25) is 5.02 Å². The molecule has 2 N–H and O–H groups in total. The predicted octanol–water partition coefficient (Wildman–Crippen LogP) is 3.47. The van der Waals surface area contributed by atoms with Crippen molar-refractivity contribution in [2.75, 3.05) is 14.2 Å². The van der Waals surface area contributed by atoms with E-state index in [1.807, 2.05) is 0 Å². The SMILES string of the molecule is COc1cc(CC(C(=O)O)c2ccc(OC)c(Cl)c2)ccc1O. The van der Waals surface area contributed by atoms with Crippen molar-refractivity contribution in [2.45, 2.75) is 12.3 Å². The average molecular weight is 337 g/mol. The molecule has 0 bridgehead atoms. The zero-order valence-corrected chi connectivity index (χ0v) is 13.5. The molecule has 0 aliphatic heterocycles. The van der Waals surface area contributed by atoms with Crippen molar-refractivity contribution >= 4 is 17.6 Å². The molecule has 2 aromatic rings. The molecule has 0 spiro atoms. The standard InChI is InChI=1S/C17H17ClO5/c1-22-15-6-4-11(9-13(15)18)12(17(20)21)7-10-3-5-14(19)16(8-10)23-2/h3-6,8-9,12,19H,7H2,1-2H3,(H,20,21). The maximum absolute atomic E-state index is 11.6. The zero-order valence-electron chi connectivity index (χ0n) is 12.7. The number of rotatable bonds is 6. The molecule has 0 fully saturated rings. The molecule has 0 amide bonds. The molecule has 1 atom stereocenters. The number of carbonyl (C=O) groups is 1. The first-order valence-corrected chi connectivity index (χ1v) is 7.26. The Morgan fingerprint density at radius 3 is 2.39 bits per heavy atom. The number of hydrogen-bond acceptors (Lipinski definition) is 4. The Hall–Kier alpha value is -2.40. The summed E-state index contributed by atoms with van der Waals surface area (Å²) in [6, 6.07) is 9.69. The summed E-state index contributed by atoms with van der Waals surface area (Å²) in [6.45, 7) is 0. The minimum atomic E-state index is -0.960. The van der Waals surface area contributed by atoms with Crippen molar-refractivity contribution in [1.29, 1.82) is 0 Å². The molecule has 0 aromatic heterocycles. The van der Waals surface area contributed by atoms with E-state index < -0.39 is 11.9 Å². The van der Waals surface area contributed by atoms with Crippen LogP contribution < -0.4 is 9.47 Å². The summed E-state index contributed by atoms with van der Waals surface area (Å²) >= 11 is 6.08. The number of halogens is 1. The molecule has 0 heterocycles. The average Bonchev–Trinajstić information content (AvgIpc) is 2.53. The minimum Gasteiger partial charge on any atom is -0.504 e. The van der Waals surface area contributed by atoms with E-state index >= 15 is 0 Å². The molecule has 0 radical (unpaired) electrons. The molecule has 2 rings (SSSR count). The lowest BCUT2D eigenvalue weighted by atomic mass is 9.92. The molecule has 122 valence electrons. The van der Waals surface area contributed by atoms with E-state index in [0.717, 1.165) is 5.56 Å². The predicted molar refractivity (Wildman–Crippen MR) is 86.7 cm³/mol. The molecule has 0 aliphatic rings. The highest BCUT2D eigenvalue weighted by molar-refractivity contribution is 6.32. The maximum atomic E-state index is 11.6. The topological polar surface area (TPSA) is 76.0 Å². The van der Waals surface area contributed by atoms with Crippen molar-refractivity contribution < 1.29 is 24.5 Å². The van der Waals surface area contributed by atoms with Gasteiger partial charge in [0.15, 0.2) is 11.5 Å². The van der Waals surface area contributed by atoms with E-state index in [1.165, 1.54) is 20.3 Å². The van der Waals surface area contributed by atoms with Crippen LogP contribution in [0.5, 0.6) is 17.2 Å². The van der Waals surface area contributed by atoms with Crippen LogP contribution in [0.1, 0.15) is 17.0 Å². The largest absolute Gasteiger partial charge is 0.504 e. The van der Waals surface area contributed by atoms with Crippen LogP contribution in [0.15, 0.2) is 36.4 Å². The van der Waals surface area contributed by atoms with Gasteiger partial charge in [0.25, 0.3) is 0 Å². The Morgan fingerprint density at radius 1 is 1.13 bits per heavy atom. The Morgan fingerprint density at radius 2 is 1.83 bits per heavy atom. The highest BCUT2D eigenvalue weighted by Gasteiger charge is 2.22. The van der Waals surface area contributed by atoms with E-state index in [0.29, 0.717) is 22.1 Å². The van der Waals surface area contributed by atoms with Crippen LogP contribution in [-0.2, 0) is 11.2 Å². The van der Waals surface area contributed by atoms with Gasteiger partial charge in [0.05, 0.1) is 25.2 Å². The number of ether oxygens (including phenoxy) is 2. The fraction of sp³-hybridized carbons (Fsp3) is 0.235. The van der Waals surface area contributed by atoms with E-state index in [4.69, 9.17) is 21.1 Å². The molecule has 1 unspecified atom stereocenters. The fourth-order valence-corrected chi connectivity index (χ4v) is 2.60. The normalized spacial score (nSPS) is 11.8. The Kier molecular flexibility index (Phi) is 5.34. The Labute approximate surface area is 139 Å². The van der Waals surface area contributed by atoms with E-state index in [2.05, 4.69) is 0 Å². The van der Waals surface area contributed by atoms with Gasteiger partial charge >= 0.3 is 5.97 Å². The number of benzene rings is 2. The first kappa shape index (κ1) is 17.0. The molecular weight excluding hydrogens is 320 g/mol. The lowest BCUT2D eigenvalue weighted by molar-refractivity contribution is -0.138. The molecular formula is C17H17ClO5. The maximum Gasteiger partial charge on any atom is 0.311 e. The van der Waals surface area contributed by atoms with Crippen LogP contribution in [-0.4, -0.2) is 30.4 Å². The second-order valence-corrected chi connectivity index (χ2v) is 5.40. The second-order valence-electron chi connectivity index (χ2n) is 5.00. The van der Waals surface area contributed by atoms with E-state index in [9.17, 15) is 15.0 Å². The molecule has 23 heavy (non-hydrogen) atoms. The summed E-state index contributed by atoms with van der Waals surface area (Å²) in [6.07, 6.45) is 0.245. The van der Waals surface area contributed by atoms with Crippen molar-refractivity contribution in [1.82, 2.24) is 0 Å². The van der Waals surface area contributed by atoms with Crippen LogP contribution in [0.4, 0.5) is 0 Å². The van der Waals surface area contributed by atoms with Gasteiger partial charge in [-0.15, -0.1) is 0 Å². The van der Waals surface area contributed by atoms with Crippen molar-refractivity contribution in [3.63, 3.8) is 0 Å². The summed E-state index contributed by atoms with van der Waals surface area (Å²) in [5, 5.41) is 19.5.